The zero-order valence-electron chi connectivity index (χ0n) is 88.0. The Kier molecular flexibility index (Phi) is 60.9. The van der Waals surface area contributed by atoms with Crippen LogP contribution in [0.4, 0.5) is 0 Å². The molecule has 0 bridgehead atoms. The van der Waals surface area contributed by atoms with Crippen molar-refractivity contribution in [2.75, 3.05) is 0 Å². The van der Waals surface area contributed by atoms with Crippen LogP contribution in [0.1, 0.15) is 233 Å². The number of rotatable bonds is 0. The minimum absolute atomic E-state index is 1.09. The molecule has 0 aliphatic heterocycles. The van der Waals surface area contributed by atoms with Crippen LogP contribution in [0.2, 0.25) is 0 Å². The fourth-order valence-corrected chi connectivity index (χ4v) is 14.2. The third-order valence-electron chi connectivity index (χ3n) is 19.5. The number of benzene rings is 14. The maximum Gasteiger partial charge on any atom is 0.0782 e. The van der Waals surface area contributed by atoms with Crippen LogP contribution in [-0.2, 0) is 0 Å². The van der Waals surface area contributed by atoms with Crippen molar-refractivity contribution in [2.24, 2.45) is 0 Å². The molecular weight excluding hydrogens is 1610 g/mol. The van der Waals surface area contributed by atoms with Crippen molar-refractivity contribution in [3.63, 3.8) is 0 Å². The van der Waals surface area contributed by atoms with Gasteiger partial charge in [0.15, 0.2) is 0 Å². The van der Waals surface area contributed by atoms with Gasteiger partial charge in [-0.25, -0.2) is 0 Å². The van der Waals surface area contributed by atoms with Gasteiger partial charge in [0, 0.05) is 119 Å². The van der Waals surface area contributed by atoms with E-state index < -0.39 is 0 Å². The molecule has 21 aromatic rings. The van der Waals surface area contributed by atoms with E-state index in [1.807, 2.05) is 268 Å². The van der Waals surface area contributed by atoms with Gasteiger partial charge in [-0.15, -0.1) is 0 Å². The third kappa shape index (κ3) is 32.9. The molecule has 0 unspecified atom stereocenters. The Labute approximate surface area is 803 Å². The number of nitrogens with zero attached hydrogens (tertiary/aromatic N) is 7. The maximum absolute atomic E-state index is 4.51. The molecule has 7 heteroatoms. The fraction of sp³-hybridized carbons (Fsp3) is 0.278. The molecule has 21 rings (SSSR count). The lowest BCUT2D eigenvalue weighted by atomic mass is 10.0. The van der Waals surface area contributed by atoms with Crippen molar-refractivity contribution >= 4 is 152 Å². The largest absolute Gasteiger partial charge is 0.256 e. The minimum Gasteiger partial charge on any atom is -0.256 e. The summed E-state index contributed by atoms with van der Waals surface area (Å²) in [6.07, 6.45) is 13.1. The fourth-order valence-electron chi connectivity index (χ4n) is 14.2. The summed E-state index contributed by atoms with van der Waals surface area (Å²) in [6, 6.07) is 103. The van der Waals surface area contributed by atoms with Crippen LogP contribution >= 0.6 is 0 Å². The monoisotopic (exact) mass is 1770 g/mol. The van der Waals surface area contributed by atoms with Crippen LogP contribution < -0.4 is 0 Å². The summed E-state index contributed by atoms with van der Waals surface area (Å²) in [5.41, 5.74) is 16.6. The highest BCUT2D eigenvalue weighted by Crippen LogP contribution is 2.32. The Bertz CT molecular complexity index is 6320. The standard InChI is InChI=1S/7C14H11N.14C2H6/c1-10-4-2-6-13-12(10)8-7-11-5-3-9-15-14(11)13;1-10-4-7-13-12(9-10)6-5-11-3-2-8-15-14(11)13;1-10-4-5-11-6-7-12-3-2-8-15-14(12)13(11)9-10;1-10-9-11-5-4-8-15-14(11)13-7-3-2-6-12(10)13;1-10-9-11-5-2-3-6-13(11)14-12(10)7-4-8-15-14;1-10-8-12-7-6-11-4-2-3-5-13(11)14(12)15-9-10;1-10-8-9-15-14-12(10)7-6-11-4-2-3-5-13(11)14;14*1-2/h7*2-9H,1H3;14*1-2H3. The second-order valence-corrected chi connectivity index (χ2v) is 26.9. The summed E-state index contributed by atoms with van der Waals surface area (Å²) in [5.74, 6) is 0. The number of aromatic nitrogens is 7. The molecule has 0 saturated carbocycles. The summed E-state index contributed by atoms with van der Waals surface area (Å²) in [6.45, 7) is 70.8. The quantitative estimate of drug-likeness (QED) is 0.140. The highest BCUT2D eigenvalue weighted by Gasteiger charge is 2.09. The molecular formula is C126H161N7. The molecule has 133 heavy (non-hydrogen) atoms. The Morgan fingerprint density at radius 1 is 0.128 bits per heavy atom. The highest BCUT2D eigenvalue weighted by molar-refractivity contribution is 6.11. The van der Waals surface area contributed by atoms with Crippen LogP contribution in [0.15, 0.2) is 341 Å². The van der Waals surface area contributed by atoms with Crippen molar-refractivity contribution in [2.45, 2.75) is 242 Å². The smallest absolute Gasteiger partial charge is 0.0782 e. The van der Waals surface area contributed by atoms with Gasteiger partial charge in [0.05, 0.1) is 38.6 Å². The second-order valence-electron chi connectivity index (χ2n) is 26.9. The second kappa shape index (κ2) is 68.8. The Morgan fingerprint density at radius 3 is 0.902 bits per heavy atom. The molecule has 0 fully saturated rings. The number of hydrogen-bond acceptors (Lipinski definition) is 7. The molecule has 0 aliphatic rings. The van der Waals surface area contributed by atoms with Crippen LogP contribution in [0.3, 0.4) is 0 Å². The van der Waals surface area contributed by atoms with Crippen LogP contribution in [-0.4, -0.2) is 34.9 Å². The van der Waals surface area contributed by atoms with E-state index in [0.717, 1.165) is 38.6 Å². The van der Waals surface area contributed by atoms with E-state index in [2.05, 4.69) is 350 Å². The van der Waals surface area contributed by atoms with Crippen molar-refractivity contribution in [1.29, 1.82) is 0 Å². The van der Waals surface area contributed by atoms with Crippen molar-refractivity contribution in [3.8, 4) is 0 Å². The molecule has 0 N–H and O–H groups in total. The van der Waals surface area contributed by atoms with Gasteiger partial charge in [-0.1, -0.05) is 448 Å². The van der Waals surface area contributed by atoms with Gasteiger partial charge in [-0.3, -0.25) is 34.9 Å². The molecule has 0 aliphatic carbocycles. The Balaban J connectivity index is 0.000000742. The molecule has 0 spiro atoms. The molecule has 14 aromatic carbocycles. The molecule has 7 aromatic heterocycles. The summed E-state index contributed by atoms with van der Waals surface area (Å²) >= 11 is 0. The van der Waals surface area contributed by atoms with E-state index in [4.69, 9.17) is 0 Å². The number of aryl methyl sites for hydroxylation is 7. The Hall–Kier alpha value is -13.2. The lowest BCUT2D eigenvalue weighted by molar-refractivity contribution is 1.34. The van der Waals surface area contributed by atoms with Crippen molar-refractivity contribution < 1.29 is 0 Å². The lowest BCUT2D eigenvalue weighted by Crippen LogP contribution is -1.84. The van der Waals surface area contributed by atoms with E-state index in [9.17, 15) is 0 Å². The van der Waals surface area contributed by atoms with Gasteiger partial charge >= 0.3 is 0 Å². The summed E-state index contributed by atoms with van der Waals surface area (Å²) in [7, 11) is 0. The maximum atomic E-state index is 4.51. The van der Waals surface area contributed by atoms with Crippen LogP contribution in [0.5, 0.6) is 0 Å². The summed E-state index contributed by atoms with van der Waals surface area (Å²) < 4.78 is 0. The predicted octanol–water partition coefficient (Wildman–Crippen LogP) is 40.2. The first-order chi connectivity index (χ1) is 65.5. The third-order valence-corrected chi connectivity index (χ3v) is 19.5. The minimum atomic E-state index is 1.09. The normalized spacial score (nSPS) is 9.32. The zero-order chi connectivity index (χ0) is 99.8. The first-order valence-electron chi connectivity index (χ1n) is 49.6. The van der Waals surface area contributed by atoms with Gasteiger partial charge < -0.3 is 0 Å². The first-order valence-corrected chi connectivity index (χ1v) is 49.6. The van der Waals surface area contributed by atoms with Crippen LogP contribution in [0, 0.1) is 48.5 Å². The van der Waals surface area contributed by atoms with Gasteiger partial charge in [-0.2, -0.15) is 0 Å². The molecule has 0 atom stereocenters. The first kappa shape index (κ1) is 118. The molecule has 700 valence electrons. The highest BCUT2D eigenvalue weighted by atomic mass is 14.7. The van der Waals surface area contributed by atoms with E-state index in [0.29, 0.717) is 0 Å². The zero-order valence-corrected chi connectivity index (χ0v) is 88.0. The summed E-state index contributed by atoms with van der Waals surface area (Å²) in [5, 5.41) is 26.1. The lowest BCUT2D eigenvalue weighted by Gasteiger charge is -2.05. The predicted molar refractivity (Wildman–Crippen MR) is 607 cm³/mol. The van der Waals surface area contributed by atoms with Gasteiger partial charge in [0.25, 0.3) is 0 Å². The molecule has 7 nitrogen and oxygen atoms in total. The average molecular weight is 1770 g/mol. The van der Waals surface area contributed by atoms with E-state index >= 15 is 0 Å². The molecule has 7 heterocycles. The Morgan fingerprint density at radius 2 is 0.376 bits per heavy atom. The molecule has 0 saturated heterocycles. The molecule has 0 amide bonds. The van der Waals surface area contributed by atoms with E-state index in [1.54, 1.807) is 0 Å². The number of fused-ring (bicyclic) bond motifs is 21. The summed E-state index contributed by atoms with van der Waals surface area (Å²) in [4.78, 5) is 31.2. The van der Waals surface area contributed by atoms with Crippen LogP contribution in [0.25, 0.3) is 152 Å². The molecule has 0 radical (unpaired) electrons. The van der Waals surface area contributed by atoms with Crippen molar-refractivity contribution in [3.05, 3.63) is 380 Å². The average Bonchev–Trinajstić information content (AvgIpc) is 0.809. The van der Waals surface area contributed by atoms with Gasteiger partial charge in [-0.05, 0) is 169 Å². The van der Waals surface area contributed by atoms with Gasteiger partial charge in [0.1, 0.15) is 0 Å². The van der Waals surface area contributed by atoms with E-state index in [1.165, 1.54) is 152 Å². The van der Waals surface area contributed by atoms with Gasteiger partial charge in [0.2, 0.25) is 0 Å². The topological polar surface area (TPSA) is 90.2 Å². The number of hydrogen-bond donors (Lipinski definition) is 0. The number of pyridine rings is 7. The van der Waals surface area contributed by atoms with Crippen molar-refractivity contribution in [1.82, 2.24) is 34.9 Å². The SMILES string of the molecule is CC.CC.CC.CC.CC.CC.CC.CC.CC.CC.CC.CC.CC.CC.Cc1cc2ccccc2c2ncccc12.Cc1cc2cccnc2c2ccccc12.Cc1ccc2c(ccc3cccnc32)c1.Cc1ccc2ccc3cccnc3c2c1.Cc1cccc2c1ccc1cccnc12.Cc1ccnc2c1ccc1ccccc12.Cc1cnc2c(ccc3ccccc32)c1. The van der Waals surface area contributed by atoms with E-state index in [-0.39, 0.29) is 0 Å².